The Bertz CT molecular complexity index is 441. The molecule has 0 heterocycles. The summed E-state index contributed by atoms with van der Waals surface area (Å²) >= 11 is 0. The van der Waals surface area contributed by atoms with Gasteiger partial charge in [-0.25, -0.2) is 5.48 Å². The third-order valence-electron chi connectivity index (χ3n) is 1.75. The lowest BCUT2D eigenvalue weighted by molar-refractivity contribution is 0.0770. The molecule has 0 radical (unpaired) electrons. The highest BCUT2D eigenvalue weighted by Crippen LogP contribution is 1.99. The first kappa shape index (κ1) is 12.7. The van der Waals surface area contributed by atoms with E-state index in [1.165, 1.54) is 0 Å². The average molecular weight is 243 g/mol. The molecular formula is C10H13NO4S. The topological polar surface area (TPSA) is 72.5 Å². The average Bonchev–Trinajstić information content (AvgIpc) is 2.27. The van der Waals surface area contributed by atoms with E-state index in [0.717, 1.165) is 0 Å². The van der Waals surface area contributed by atoms with Gasteiger partial charge in [-0.1, -0.05) is 25.1 Å². The van der Waals surface area contributed by atoms with Gasteiger partial charge in [0.25, 0.3) is 16.0 Å². The second kappa shape index (κ2) is 5.62. The van der Waals surface area contributed by atoms with Crippen LogP contribution in [0, 0.1) is 0 Å². The zero-order chi connectivity index (χ0) is 12.0. The summed E-state index contributed by atoms with van der Waals surface area (Å²) in [6.45, 7) is 1.71. The van der Waals surface area contributed by atoms with Crippen LogP contribution in [0.4, 0.5) is 0 Å². The van der Waals surface area contributed by atoms with Crippen molar-refractivity contribution in [1.82, 2.24) is 5.48 Å². The fourth-order valence-corrected chi connectivity index (χ4v) is 1.83. The van der Waals surface area contributed by atoms with Crippen LogP contribution in [0.2, 0.25) is 0 Å². The van der Waals surface area contributed by atoms with E-state index in [9.17, 15) is 13.2 Å². The highest BCUT2D eigenvalue weighted by molar-refractivity contribution is 7.86. The van der Waals surface area contributed by atoms with Crippen molar-refractivity contribution in [3.8, 4) is 0 Å². The maximum atomic E-state index is 11.4. The number of carbonyl (C=O) groups excluding carboxylic acids is 1. The van der Waals surface area contributed by atoms with Gasteiger partial charge in [0.1, 0.15) is 0 Å². The molecule has 0 aliphatic rings. The predicted molar refractivity (Wildman–Crippen MR) is 59.1 cm³/mol. The van der Waals surface area contributed by atoms with Crippen molar-refractivity contribution in [3.05, 3.63) is 35.9 Å². The van der Waals surface area contributed by atoms with Gasteiger partial charge in [-0.05, 0) is 18.6 Å². The Hall–Kier alpha value is -1.40. The normalized spacial score (nSPS) is 11.1. The lowest BCUT2D eigenvalue weighted by Gasteiger charge is -2.05. The maximum absolute atomic E-state index is 11.4. The third-order valence-corrected chi connectivity index (χ3v) is 3.00. The van der Waals surface area contributed by atoms with E-state index < -0.39 is 16.0 Å². The summed E-state index contributed by atoms with van der Waals surface area (Å²) in [7, 11) is -3.67. The number of hydrogen-bond acceptors (Lipinski definition) is 4. The fourth-order valence-electron chi connectivity index (χ4n) is 1.04. The first-order valence-electron chi connectivity index (χ1n) is 4.81. The number of rotatable bonds is 5. The number of amides is 1. The summed E-state index contributed by atoms with van der Waals surface area (Å²) in [6, 6.07) is 8.23. The van der Waals surface area contributed by atoms with E-state index in [4.69, 9.17) is 0 Å². The highest BCUT2D eigenvalue weighted by atomic mass is 32.2. The molecule has 0 bridgehead atoms. The van der Waals surface area contributed by atoms with Crippen molar-refractivity contribution >= 4 is 16.0 Å². The summed E-state index contributed by atoms with van der Waals surface area (Å²) in [5, 5.41) is 0. The molecule has 1 aromatic carbocycles. The van der Waals surface area contributed by atoms with Crippen LogP contribution in [-0.2, 0) is 14.4 Å². The third kappa shape index (κ3) is 4.00. The largest absolute Gasteiger partial charge is 0.287 e. The molecule has 1 aromatic rings. The van der Waals surface area contributed by atoms with Crippen LogP contribution in [0.5, 0.6) is 0 Å². The van der Waals surface area contributed by atoms with Gasteiger partial charge in [0.2, 0.25) is 0 Å². The van der Waals surface area contributed by atoms with E-state index in [1.807, 2.05) is 5.48 Å². The first-order valence-corrected chi connectivity index (χ1v) is 6.39. The molecule has 0 aromatic heterocycles. The maximum Gasteiger partial charge on any atom is 0.287 e. The lowest BCUT2D eigenvalue weighted by atomic mass is 10.2. The van der Waals surface area contributed by atoms with E-state index in [-0.39, 0.29) is 5.75 Å². The van der Waals surface area contributed by atoms with Crippen LogP contribution in [0.25, 0.3) is 0 Å². The molecule has 0 aliphatic carbocycles. The molecule has 0 saturated heterocycles. The zero-order valence-corrected chi connectivity index (χ0v) is 9.66. The monoisotopic (exact) mass is 243 g/mol. The van der Waals surface area contributed by atoms with Gasteiger partial charge in [0, 0.05) is 5.56 Å². The van der Waals surface area contributed by atoms with Gasteiger partial charge in [-0.2, -0.15) is 8.42 Å². The number of hydroxylamine groups is 1. The van der Waals surface area contributed by atoms with Crippen molar-refractivity contribution in [3.63, 3.8) is 0 Å². The molecule has 0 fully saturated rings. The standard InChI is InChI=1S/C10H13NO4S/c1-2-8-16(13,14)15-11-10(12)9-6-4-3-5-7-9/h3-7H,2,8H2,1H3,(H,11,12). The van der Waals surface area contributed by atoms with Crippen molar-refractivity contribution in [1.29, 1.82) is 0 Å². The summed E-state index contributed by atoms with van der Waals surface area (Å²) in [5.41, 5.74) is 2.24. The smallest absolute Gasteiger partial charge is 0.267 e. The molecule has 88 valence electrons. The zero-order valence-electron chi connectivity index (χ0n) is 8.84. The van der Waals surface area contributed by atoms with Crippen molar-refractivity contribution < 1.29 is 17.5 Å². The van der Waals surface area contributed by atoms with Crippen LogP contribution in [0.15, 0.2) is 30.3 Å². The van der Waals surface area contributed by atoms with Gasteiger partial charge < -0.3 is 0 Å². The Balaban J connectivity index is 2.54. The Morgan fingerprint density at radius 2 is 1.94 bits per heavy atom. The van der Waals surface area contributed by atoms with Crippen LogP contribution in [0.1, 0.15) is 23.7 Å². The molecule has 1 rings (SSSR count). The molecule has 0 saturated carbocycles. The quantitative estimate of drug-likeness (QED) is 0.786. The summed E-state index contributed by atoms with van der Waals surface area (Å²) < 4.78 is 26.6. The van der Waals surface area contributed by atoms with E-state index in [1.54, 1.807) is 37.3 Å². The highest BCUT2D eigenvalue weighted by Gasteiger charge is 2.12. The molecule has 5 nitrogen and oxygen atoms in total. The molecular weight excluding hydrogens is 230 g/mol. The number of carbonyl (C=O) groups is 1. The minimum Gasteiger partial charge on any atom is -0.267 e. The summed E-state index contributed by atoms with van der Waals surface area (Å²) in [6.07, 6.45) is 0.434. The summed E-state index contributed by atoms with van der Waals surface area (Å²) in [5.74, 6) is -0.706. The molecule has 6 heteroatoms. The lowest BCUT2D eigenvalue weighted by Crippen LogP contribution is -2.28. The number of benzene rings is 1. The first-order chi connectivity index (χ1) is 7.55. The minimum atomic E-state index is -3.67. The van der Waals surface area contributed by atoms with Crippen LogP contribution < -0.4 is 5.48 Å². The predicted octanol–water partition coefficient (Wildman–Crippen LogP) is 1.09. The second-order valence-corrected chi connectivity index (χ2v) is 4.83. The fraction of sp³-hybridized carbons (Fsp3) is 0.300. The Kier molecular flexibility index (Phi) is 4.45. The second-order valence-electron chi connectivity index (χ2n) is 3.14. The van der Waals surface area contributed by atoms with E-state index in [0.29, 0.717) is 12.0 Å². The van der Waals surface area contributed by atoms with E-state index >= 15 is 0 Å². The molecule has 16 heavy (non-hydrogen) atoms. The van der Waals surface area contributed by atoms with Crippen LogP contribution >= 0.6 is 0 Å². The van der Waals surface area contributed by atoms with Crippen molar-refractivity contribution in [2.75, 3.05) is 5.75 Å². The Morgan fingerprint density at radius 1 is 1.31 bits per heavy atom. The van der Waals surface area contributed by atoms with Gasteiger partial charge in [0.05, 0.1) is 5.75 Å². The van der Waals surface area contributed by atoms with Gasteiger partial charge in [-0.3, -0.25) is 4.79 Å². The SMILES string of the molecule is CCCS(=O)(=O)ONC(=O)c1ccccc1. The van der Waals surface area contributed by atoms with Crippen molar-refractivity contribution in [2.24, 2.45) is 0 Å². The number of nitrogens with one attached hydrogen (secondary N) is 1. The number of hydrogen-bond donors (Lipinski definition) is 1. The molecule has 0 aliphatic heterocycles. The Morgan fingerprint density at radius 3 is 2.50 bits per heavy atom. The van der Waals surface area contributed by atoms with Gasteiger partial charge in [0.15, 0.2) is 0 Å². The molecule has 0 spiro atoms. The van der Waals surface area contributed by atoms with Crippen LogP contribution in [-0.4, -0.2) is 20.1 Å². The van der Waals surface area contributed by atoms with Gasteiger partial charge >= 0.3 is 0 Å². The minimum absolute atomic E-state index is 0.123. The molecule has 1 amide bonds. The molecule has 0 atom stereocenters. The van der Waals surface area contributed by atoms with Crippen molar-refractivity contribution in [2.45, 2.75) is 13.3 Å². The summed E-state index contributed by atoms with van der Waals surface area (Å²) in [4.78, 5) is 11.4. The Labute approximate surface area is 94.5 Å². The van der Waals surface area contributed by atoms with Gasteiger partial charge in [-0.15, -0.1) is 4.28 Å². The van der Waals surface area contributed by atoms with Crippen LogP contribution in [0.3, 0.4) is 0 Å². The molecule has 1 N–H and O–H groups in total. The van der Waals surface area contributed by atoms with E-state index in [2.05, 4.69) is 4.28 Å². The molecule has 0 unspecified atom stereocenters.